The molecule has 0 saturated heterocycles. The zero-order chi connectivity index (χ0) is 31.9. The van der Waals surface area contributed by atoms with Crippen LogP contribution in [0.3, 0.4) is 0 Å². The minimum Gasteiger partial charge on any atom is -0.453 e. The highest BCUT2D eigenvalue weighted by Gasteiger charge is 2.23. The van der Waals surface area contributed by atoms with E-state index in [4.69, 9.17) is 29.2 Å². The Bertz CT molecular complexity index is 1260. The van der Waals surface area contributed by atoms with Crippen molar-refractivity contribution < 1.29 is 38.7 Å². The molecule has 2 N–H and O–H groups in total. The number of unbranched alkanes of at least 4 members (excludes halogenated alkanes) is 4. The second-order valence-electron chi connectivity index (χ2n) is 11.6. The molecule has 2 aromatic carbocycles. The van der Waals surface area contributed by atoms with Gasteiger partial charge in [0.15, 0.2) is 11.5 Å². The van der Waals surface area contributed by atoms with Gasteiger partial charge in [-0.2, -0.15) is 0 Å². The maximum Gasteiger partial charge on any atom is 0.338 e. The molecule has 0 unspecified atom stereocenters. The molecule has 1 fully saturated rings. The van der Waals surface area contributed by atoms with Crippen LogP contribution in [0.1, 0.15) is 88.2 Å². The fourth-order valence-corrected chi connectivity index (χ4v) is 5.62. The van der Waals surface area contributed by atoms with Crippen LogP contribution in [0.25, 0.3) is 11.1 Å². The highest BCUT2D eigenvalue weighted by Crippen LogP contribution is 2.40. The molecule has 0 spiro atoms. The maximum atomic E-state index is 11.9. The standard InChI is InChI=1S/C36H48O8/c1-5-6-7-8-9-10-28-11-13-29(14-12-28)30-15-17-32(25(2)19-30)31-16-18-33(41-23-43-35(39)26(3)21-37)34(20-31)42-24-44-36(40)27(4)22-38/h15-20,28-29,37-38H,3-14,21-24H2,1-2H3. The van der Waals surface area contributed by atoms with Gasteiger partial charge in [-0.05, 0) is 78.8 Å². The van der Waals surface area contributed by atoms with E-state index in [9.17, 15) is 9.59 Å². The van der Waals surface area contributed by atoms with Crippen LogP contribution in [0.2, 0.25) is 0 Å². The van der Waals surface area contributed by atoms with Gasteiger partial charge in [0.1, 0.15) is 0 Å². The van der Waals surface area contributed by atoms with Crippen LogP contribution in [-0.4, -0.2) is 49.0 Å². The van der Waals surface area contributed by atoms with Gasteiger partial charge in [0.25, 0.3) is 0 Å². The fraction of sp³-hybridized carbons (Fsp3) is 0.500. The molecule has 1 saturated carbocycles. The summed E-state index contributed by atoms with van der Waals surface area (Å²) in [5.74, 6) is 0.403. The lowest BCUT2D eigenvalue weighted by atomic mass is 9.76. The highest BCUT2D eigenvalue weighted by atomic mass is 16.7. The first-order chi connectivity index (χ1) is 21.3. The molecule has 0 amide bonds. The third-order valence-electron chi connectivity index (χ3n) is 8.31. The van der Waals surface area contributed by atoms with Crippen molar-refractivity contribution in [3.8, 4) is 22.6 Å². The van der Waals surface area contributed by atoms with Gasteiger partial charge in [-0.1, -0.05) is 82.9 Å². The molecule has 44 heavy (non-hydrogen) atoms. The second-order valence-corrected chi connectivity index (χ2v) is 11.6. The van der Waals surface area contributed by atoms with Gasteiger partial charge < -0.3 is 29.2 Å². The zero-order valence-electron chi connectivity index (χ0n) is 26.3. The number of esters is 2. The molecule has 0 bridgehead atoms. The van der Waals surface area contributed by atoms with Crippen molar-refractivity contribution >= 4 is 11.9 Å². The van der Waals surface area contributed by atoms with E-state index in [1.54, 1.807) is 12.1 Å². The summed E-state index contributed by atoms with van der Waals surface area (Å²) >= 11 is 0. The van der Waals surface area contributed by atoms with E-state index in [-0.39, 0.29) is 22.6 Å². The van der Waals surface area contributed by atoms with Crippen molar-refractivity contribution in [3.05, 3.63) is 71.8 Å². The van der Waals surface area contributed by atoms with Crippen molar-refractivity contribution in [2.24, 2.45) is 5.92 Å². The van der Waals surface area contributed by atoms with E-state index < -0.39 is 38.7 Å². The van der Waals surface area contributed by atoms with Crippen LogP contribution in [-0.2, 0) is 19.1 Å². The molecule has 2 aromatic rings. The number of aliphatic hydroxyl groups is 2. The Labute approximate surface area is 261 Å². The molecule has 1 aliphatic carbocycles. The lowest BCUT2D eigenvalue weighted by molar-refractivity contribution is -0.147. The number of hydrogen-bond donors (Lipinski definition) is 2. The Morgan fingerprint density at radius 3 is 2.00 bits per heavy atom. The number of aryl methyl sites for hydroxylation is 1. The molecule has 0 heterocycles. The van der Waals surface area contributed by atoms with E-state index >= 15 is 0 Å². The smallest absolute Gasteiger partial charge is 0.338 e. The van der Waals surface area contributed by atoms with E-state index in [2.05, 4.69) is 45.2 Å². The number of benzene rings is 2. The van der Waals surface area contributed by atoms with Gasteiger partial charge >= 0.3 is 11.9 Å². The topological polar surface area (TPSA) is 112 Å². The quantitative estimate of drug-likeness (QED) is 0.0794. The third kappa shape index (κ3) is 10.5. The summed E-state index contributed by atoms with van der Waals surface area (Å²) in [6.45, 7) is 9.30. The largest absolute Gasteiger partial charge is 0.453 e. The average Bonchev–Trinajstić information content (AvgIpc) is 3.04. The van der Waals surface area contributed by atoms with E-state index in [1.165, 1.54) is 69.8 Å². The van der Waals surface area contributed by atoms with Crippen molar-refractivity contribution in [1.29, 1.82) is 0 Å². The van der Waals surface area contributed by atoms with Gasteiger partial charge in [-0.25, -0.2) is 9.59 Å². The molecule has 240 valence electrons. The Morgan fingerprint density at radius 1 is 0.795 bits per heavy atom. The average molecular weight is 609 g/mol. The molecular weight excluding hydrogens is 560 g/mol. The van der Waals surface area contributed by atoms with Crippen molar-refractivity contribution in [1.82, 2.24) is 0 Å². The van der Waals surface area contributed by atoms with Crippen LogP contribution in [0.4, 0.5) is 0 Å². The van der Waals surface area contributed by atoms with E-state index in [0.29, 0.717) is 5.92 Å². The molecule has 0 radical (unpaired) electrons. The summed E-state index contributed by atoms with van der Waals surface area (Å²) in [7, 11) is 0. The Morgan fingerprint density at radius 2 is 1.41 bits per heavy atom. The Hall–Kier alpha value is -3.62. The van der Waals surface area contributed by atoms with Crippen LogP contribution < -0.4 is 9.47 Å². The molecule has 1 aliphatic rings. The molecule has 0 aliphatic heterocycles. The van der Waals surface area contributed by atoms with E-state index in [0.717, 1.165) is 22.6 Å². The lowest BCUT2D eigenvalue weighted by Crippen LogP contribution is -2.15. The number of carbonyl (C=O) groups excluding carboxylic acids is 2. The molecule has 0 aromatic heterocycles. The van der Waals surface area contributed by atoms with Gasteiger partial charge in [0, 0.05) is 0 Å². The van der Waals surface area contributed by atoms with Gasteiger partial charge in [-0.3, -0.25) is 0 Å². The van der Waals surface area contributed by atoms with Crippen LogP contribution in [0.5, 0.6) is 11.5 Å². The molecular formula is C36H48O8. The lowest BCUT2D eigenvalue weighted by Gasteiger charge is -2.29. The monoisotopic (exact) mass is 608 g/mol. The van der Waals surface area contributed by atoms with Gasteiger partial charge in [0.2, 0.25) is 13.6 Å². The van der Waals surface area contributed by atoms with E-state index in [1.807, 2.05) is 6.07 Å². The Kier molecular flexibility index (Phi) is 14.5. The molecule has 3 rings (SSSR count). The first-order valence-electron chi connectivity index (χ1n) is 15.7. The predicted octanol–water partition coefficient (Wildman–Crippen LogP) is 7.15. The third-order valence-corrected chi connectivity index (χ3v) is 8.31. The summed E-state index contributed by atoms with van der Waals surface area (Å²) < 4.78 is 21.4. The number of hydrogen-bond acceptors (Lipinski definition) is 8. The summed E-state index contributed by atoms with van der Waals surface area (Å²) in [6, 6.07) is 12.0. The fourth-order valence-electron chi connectivity index (χ4n) is 5.62. The van der Waals surface area contributed by atoms with Crippen molar-refractivity contribution in [3.63, 3.8) is 0 Å². The molecule has 0 atom stereocenters. The maximum absolute atomic E-state index is 11.9. The minimum atomic E-state index is -0.783. The van der Waals surface area contributed by atoms with Gasteiger partial charge in [0.05, 0.1) is 24.4 Å². The highest BCUT2D eigenvalue weighted by molar-refractivity contribution is 5.88. The molecule has 8 nitrogen and oxygen atoms in total. The van der Waals surface area contributed by atoms with Gasteiger partial charge in [-0.15, -0.1) is 0 Å². The first kappa shape index (κ1) is 34.9. The minimum absolute atomic E-state index is 0.0959. The van der Waals surface area contributed by atoms with Crippen molar-refractivity contribution in [2.75, 3.05) is 26.8 Å². The van der Waals surface area contributed by atoms with Crippen LogP contribution in [0, 0.1) is 12.8 Å². The molecule has 8 heteroatoms. The number of ether oxygens (including phenoxy) is 4. The normalized spacial score (nSPS) is 16.2. The number of aliphatic hydroxyl groups excluding tert-OH is 2. The van der Waals surface area contributed by atoms with Crippen LogP contribution in [0.15, 0.2) is 60.7 Å². The summed E-state index contributed by atoms with van der Waals surface area (Å²) in [5.41, 5.74) is 4.23. The van der Waals surface area contributed by atoms with Crippen LogP contribution >= 0.6 is 0 Å². The number of rotatable bonds is 18. The summed E-state index contributed by atoms with van der Waals surface area (Å²) in [5, 5.41) is 18.2. The van der Waals surface area contributed by atoms with Crippen molar-refractivity contribution in [2.45, 2.75) is 84.0 Å². The SMILES string of the molecule is C=C(CO)C(=O)OCOc1ccc(-c2ccc(C3CCC(CCCCCCC)CC3)cc2C)cc1OCOC(=O)C(=C)CO. The summed E-state index contributed by atoms with van der Waals surface area (Å²) in [4.78, 5) is 23.7. The second kappa shape index (κ2) is 18.2. The predicted molar refractivity (Wildman–Crippen MR) is 170 cm³/mol. The summed E-state index contributed by atoms with van der Waals surface area (Å²) in [6.07, 6.45) is 13.2. The first-order valence-corrected chi connectivity index (χ1v) is 15.7. The zero-order valence-corrected chi connectivity index (χ0v) is 26.3. The Balaban J connectivity index is 1.68. The number of carbonyl (C=O) groups is 2.